The van der Waals surface area contributed by atoms with Crippen molar-refractivity contribution in [1.82, 2.24) is 0 Å². The summed E-state index contributed by atoms with van der Waals surface area (Å²) >= 11 is 0. The van der Waals surface area contributed by atoms with Crippen LogP contribution in [0.5, 0.6) is 0 Å². The van der Waals surface area contributed by atoms with E-state index in [1.54, 1.807) is 12.1 Å². The van der Waals surface area contributed by atoms with Crippen LogP contribution in [0.4, 0.5) is 0 Å². The third-order valence-electron chi connectivity index (χ3n) is 3.75. The average Bonchev–Trinajstić information content (AvgIpc) is 2.85. The van der Waals surface area contributed by atoms with Crippen molar-refractivity contribution in [1.29, 1.82) is 0 Å². The Morgan fingerprint density at radius 1 is 1.32 bits per heavy atom. The minimum Gasteiger partial charge on any atom is -0.462 e. The Morgan fingerprint density at radius 3 is 2.68 bits per heavy atom. The highest BCUT2D eigenvalue weighted by Crippen LogP contribution is 2.49. The molecule has 1 saturated heterocycles. The van der Waals surface area contributed by atoms with Gasteiger partial charge in [-0.25, -0.2) is 4.79 Å². The molecule has 5 nitrogen and oxygen atoms in total. The maximum absolute atomic E-state index is 12.8. The van der Waals surface area contributed by atoms with Crippen molar-refractivity contribution >= 4 is 16.8 Å². The molecule has 19 heavy (non-hydrogen) atoms. The van der Waals surface area contributed by atoms with E-state index < -0.39 is 27.1 Å². The second kappa shape index (κ2) is 3.96. The molecule has 2 heterocycles. The van der Waals surface area contributed by atoms with Crippen LogP contribution in [0, 0.1) is 12.3 Å². The summed E-state index contributed by atoms with van der Waals surface area (Å²) < 4.78 is 17.9. The summed E-state index contributed by atoms with van der Waals surface area (Å²) in [6, 6.07) is 7.27. The van der Waals surface area contributed by atoms with Gasteiger partial charge >= 0.3 is 5.97 Å². The van der Waals surface area contributed by atoms with Gasteiger partial charge < -0.3 is 4.74 Å². The number of benzene rings is 1. The van der Waals surface area contributed by atoms with Crippen LogP contribution in [0.15, 0.2) is 39.4 Å². The number of carbonyl (C=O) groups excluding carboxylic acids is 1. The van der Waals surface area contributed by atoms with E-state index >= 15 is 0 Å². The number of ether oxygens (including phenoxy) is 1. The quantitative estimate of drug-likeness (QED) is 0.775. The van der Waals surface area contributed by atoms with Crippen LogP contribution < -0.4 is 0 Å². The Bertz CT molecular complexity index is 598. The smallest absolute Gasteiger partial charge is 0.350 e. The fourth-order valence-electron chi connectivity index (χ4n) is 2.44. The summed E-state index contributed by atoms with van der Waals surface area (Å²) in [6.07, 6.45) is 0. The number of rotatable bonds is 2. The first-order valence-electron chi connectivity index (χ1n) is 6.04. The molecule has 100 valence electrons. The number of carbonyl (C=O) groups is 1. The second-order valence-electron chi connectivity index (χ2n) is 5.26. The minimum absolute atomic E-state index is 0.219. The number of aryl methyl sites for hydroxylation is 1. The zero-order chi connectivity index (χ0) is 13.7. The van der Waals surface area contributed by atoms with Gasteiger partial charge in [0.25, 0.3) is 4.87 Å². The third-order valence-corrected chi connectivity index (χ3v) is 5.73. The first kappa shape index (κ1) is 12.5. The third kappa shape index (κ3) is 1.52. The second-order valence-corrected chi connectivity index (χ2v) is 6.86. The van der Waals surface area contributed by atoms with Gasteiger partial charge in [-0.05, 0) is 19.1 Å². The van der Waals surface area contributed by atoms with Gasteiger partial charge in [-0.1, -0.05) is 24.6 Å². The summed E-state index contributed by atoms with van der Waals surface area (Å²) in [5, 5.41) is 7.99. The van der Waals surface area contributed by atoms with E-state index in [1.807, 2.05) is 26.0 Å². The van der Waals surface area contributed by atoms with Crippen molar-refractivity contribution in [3.8, 4) is 0 Å². The molecule has 3 atom stereocenters. The summed E-state index contributed by atoms with van der Waals surface area (Å²) in [5.41, 5.74) is 0.461. The minimum atomic E-state index is -1.60. The fraction of sp³-hybridized carbons (Fsp3) is 0.462. The lowest BCUT2D eigenvalue weighted by molar-refractivity contribution is -0.140. The molecule has 0 amide bonds. The van der Waals surface area contributed by atoms with Crippen molar-refractivity contribution in [2.75, 3.05) is 13.2 Å². The van der Waals surface area contributed by atoms with Gasteiger partial charge in [-0.3, -0.25) is 4.21 Å². The molecule has 0 aromatic heterocycles. The number of fused-ring (bicyclic) bond motifs is 1. The molecule has 1 aromatic rings. The summed E-state index contributed by atoms with van der Waals surface area (Å²) in [4.78, 5) is 11.3. The van der Waals surface area contributed by atoms with Gasteiger partial charge in [-0.15, -0.1) is 0 Å². The summed E-state index contributed by atoms with van der Waals surface area (Å²) in [7, 11) is -1.60. The summed E-state index contributed by atoms with van der Waals surface area (Å²) in [6.45, 7) is 4.39. The van der Waals surface area contributed by atoms with Crippen LogP contribution in [-0.4, -0.2) is 28.2 Å². The number of esters is 1. The lowest BCUT2D eigenvalue weighted by Crippen LogP contribution is -2.48. The highest BCUT2D eigenvalue weighted by molar-refractivity contribution is 7.87. The lowest BCUT2D eigenvalue weighted by atomic mass is 9.86. The number of azo groups is 1. The molecule has 2 aliphatic heterocycles. The van der Waals surface area contributed by atoms with Crippen molar-refractivity contribution < 1.29 is 13.7 Å². The van der Waals surface area contributed by atoms with E-state index in [0.29, 0.717) is 11.4 Å². The molecular weight excluding hydrogens is 264 g/mol. The van der Waals surface area contributed by atoms with E-state index in [1.165, 1.54) is 0 Å². The Kier molecular flexibility index (Phi) is 2.60. The molecule has 0 spiro atoms. The average molecular weight is 278 g/mol. The van der Waals surface area contributed by atoms with Crippen molar-refractivity contribution in [3.05, 3.63) is 29.8 Å². The molecule has 0 saturated carbocycles. The standard InChI is InChI=1S/C13H14N2O3S/c1-9-3-5-10(6-4-9)19(17)13-11(16)18-8-12(13,2)7-14-15-13/h3-6H,7-8H2,1-2H3/t12-,13-,19+/m1/s1. The maximum Gasteiger partial charge on any atom is 0.350 e. The van der Waals surface area contributed by atoms with E-state index in [9.17, 15) is 9.00 Å². The molecule has 3 rings (SSSR count). The van der Waals surface area contributed by atoms with Crippen LogP contribution in [0.2, 0.25) is 0 Å². The highest BCUT2D eigenvalue weighted by atomic mass is 32.2. The zero-order valence-electron chi connectivity index (χ0n) is 10.8. The monoisotopic (exact) mass is 278 g/mol. The number of hydrogen-bond acceptors (Lipinski definition) is 5. The zero-order valence-corrected chi connectivity index (χ0v) is 11.6. The van der Waals surface area contributed by atoms with Gasteiger partial charge in [0.2, 0.25) is 0 Å². The summed E-state index contributed by atoms with van der Waals surface area (Å²) in [5.74, 6) is -0.532. The Morgan fingerprint density at radius 2 is 2.00 bits per heavy atom. The Balaban J connectivity index is 2.09. The van der Waals surface area contributed by atoms with Crippen LogP contribution in [0.1, 0.15) is 12.5 Å². The Hall–Kier alpha value is -1.56. The van der Waals surface area contributed by atoms with Crippen LogP contribution >= 0.6 is 0 Å². The molecule has 6 heteroatoms. The van der Waals surface area contributed by atoms with Crippen molar-refractivity contribution in [2.45, 2.75) is 23.6 Å². The topological polar surface area (TPSA) is 68.1 Å². The van der Waals surface area contributed by atoms with Crippen LogP contribution in [0.3, 0.4) is 0 Å². The normalized spacial score (nSPS) is 34.1. The van der Waals surface area contributed by atoms with E-state index in [2.05, 4.69) is 10.2 Å². The Labute approximate surface area is 113 Å². The van der Waals surface area contributed by atoms with Gasteiger partial charge in [0.15, 0.2) is 0 Å². The number of cyclic esters (lactones) is 1. The predicted octanol–water partition coefficient (Wildman–Crippen LogP) is 1.83. The number of hydrogen-bond donors (Lipinski definition) is 0. The largest absolute Gasteiger partial charge is 0.462 e. The first-order valence-corrected chi connectivity index (χ1v) is 7.19. The molecular formula is C13H14N2O3S. The maximum atomic E-state index is 12.8. The van der Waals surface area contributed by atoms with Crippen molar-refractivity contribution in [3.63, 3.8) is 0 Å². The SMILES string of the molecule is Cc1ccc([S@](=O)[C@@]23N=NC[C@]2(C)COC3=O)cc1. The van der Waals surface area contributed by atoms with Gasteiger partial charge in [0, 0.05) is 4.90 Å². The van der Waals surface area contributed by atoms with Gasteiger partial charge in [-0.2, -0.15) is 10.2 Å². The molecule has 0 unspecified atom stereocenters. The molecule has 0 bridgehead atoms. The first-order chi connectivity index (χ1) is 8.99. The highest BCUT2D eigenvalue weighted by Gasteiger charge is 2.68. The molecule has 2 aliphatic rings. The predicted molar refractivity (Wildman–Crippen MR) is 69.1 cm³/mol. The lowest BCUT2D eigenvalue weighted by Gasteiger charge is -2.27. The molecule has 0 radical (unpaired) electrons. The van der Waals surface area contributed by atoms with Crippen LogP contribution in [0.25, 0.3) is 0 Å². The van der Waals surface area contributed by atoms with Gasteiger partial charge in [0.1, 0.15) is 6.61 Å². The molecule has 1 fully saturated rings. The van der Waals surface area contributed by atoms with E-state index in [0.717, 1.165) is 5.56 Å². The molecule has 0 aliphatic carbocycles. The fourth-order valence-corrected chi connectivity index (χ4v) is 4.08. The van der Waals surface area contributed by atoms with Crippen molar-refractivity contribution in [2.24, 2.45) is 15.6 Å². The molecule has 0 N–H and O–H groups in total. The number of nitrogens with zero attached hydrogens (tertiary/aromatic N) is 2. The van der Waals surface area contributed by atoms with E-state index in [-0.39, 0.29) is 6.61 Å². The van der Waals surface area contributed by atoms with E-state index in [4.69, 9.17) is 4.74 Å². The van der Waals surface area contributed by atoms with Crippen LogP contribution in [-0.2, 0) is 20.3 Å². The molecule has 1 aromatic carbocycles. The van der Waals surface area contributed by atoms with Gasteiger partial charge in [0.05, 0.1) is 22.8 Å².